The average molecular weight is 300 g/mol. The number of aromatic nitrogens is 3. The predicted molar refractivity (Wildman–Crippen MR) is 87.8 cm³/mol. The van der Waals surface area contributed by atoms with Gasteiger partial charge in [0, 0.05) is 17.7 Å². The molecule has 1 amide bonds. The molecule has 0 unspecified atom stereocenters. The number of anilines is 1. The Bertz CT molecular complexity index is 700. The van der Waals surface area contributed by atoms with Crippen LogP contribution in [0, 0.1) is 18.8 Å². The SMILES string of the molecule is Cc1ccc2nc(NC(=O)[C@@H](C)C(C)C)n(C3CCC3)c2n1. The van der Waals surface area contributed by atoms with Gasteiger partial charge in [0.1, 0.15) is 5.52 Å². The summed E-state index contributed by atoms with van der Waals surface area (Å²) in [7, 11) is 0. The van der Waals surface area contributed by atoms with E-state index >= 15 is 0 Å². The van der Waals surface area contributed by atoms with Crippen molar-refractivity contribution >= 4 is 23.0 Å². The van der Waals surface area contributed by atoms with Crippen LogP contribution in [0.15, 0.2) is 12.1 Å². The molecule has 22 heavy (non-hydrogen) atoms. The molecule has 2 aromatic rings. The summed E-state index contributed by atoms with van der Waals surface area (Å²) >= 11 is 0. The minimum atomic E-state index is -0.0376. The zero-order valence-corrected chi connectivity index (χ0v) is 13.8. The Balaban J connectivity index is 1.99. The summed E-state index contributed by atoms with van der Waals surface area (Å²) in [6, 6.07) is 4.35. The molecule has 2 heterocycles. The second-order valence-corrected chi connectivity index (χ2v) is 6.71. The van der Waals surface area contributed by atoms with E-state index in [1.807, 2.05) is 26.0 Å². The highest BCUT2D eigenvalue weighted by atomic mass is 16.2. The number of aryl methyl sites for hydroxylation is 1. The quantitative estimate of drug-likeness (QED) is 0.936. The van der Waals surface area contributed by atoms with E-state index in [4.69, 9.17) is 0 Å². The summed E-state index contributed by atoms with van der Waals surface area (Å²) in [5.41, 5.74) is 2.71. The molecule has 1 fully saturated rings. The fourth-order valence-corrected chi connectivity index (χ4v) is 2.67. The van der Waals surface area contributed by atoms with Crippen LogP contribution in [0.4, 0.5) is 5.95 Å². The number of nitrogens with one attached hydrogen (secondary N) is 1. The van der Waals surface area contributed by atoms with E-state index in [0.29, 0.717) is 17.9 Å². The lowest BCUT2D eigenvalue weighted by Crippen LogP contribution is -2.27. The lowest BCUT2D eigenvalue weighted by atomic mass is 9.93. The maximum atomic E-state index is 12.4. The maximum Gasteiger partial charge on any atom is 0.229 e. The first-order valence-corrected chi connectivity index (χ1v) is 8.14. The van der Waals surface area contributed by atoms with Crippen LogP contribution < -0.4 is 5.32 Å². The molecular weight excluding hydrogens is 276 g/mol. The van der Waals surface area contributed by atoms with Gasteiger partial charge in [-0.3, -0.25) is 14.7 Å². The van der Waals surface area contributed by atoms with Gasteiger partial charge in [-0.15, -0.1) is 0 Å². The van der Waals surface area contributed by atoms with E-state index in [2.05, 4.69) is 33.7 Å². The Morgan fingerprint density at radius 1 is 1.27 bits per heavy atom. The molecule has 1 saturated carbocycles. The molecule has 0 aliphatic heterocycles. The zero-order chi connectivity index (χ0) is 15.9. The fourth-order valence-electron chi connectivity index (χ4n) is 2.67. The summed E-state index contributed by atoms with van der Waals surface area (Å²) in [5, 5.41) is 3.02. The number of nitrogens with zero attached hydrogens (tertiary/aromatic N) is 3. The molecule has 5 heteroatoms. The normalized spacial score (nSPS) is 16.8. The van der Waals surface area contributed by atoms with Gasteiger partial charge in [0.15, 0.2) is 5.65 Å². The van der Waals surface area contributed by atoms with Crippen molar-refractivity contribution in [2.45, 2.75) is 53.0 Å². The van der Waals surface area contributed by atoms with Crippen molar-refractivity contribution in [3.8, 4) is 0 Å². The summed E-state index contributed by atoms with van der Waals surface area (Å²) in [6.07, 6.45) is 3.49. The highest BCUT2D eigenvalue weighted by Gasteiger charge is 2.27. The van der Waals surface area contributed by atoms with E-state index in [1.54, 1.807) is 0 Å². The molecule has 0 spiro atoms. The topological polar surface area (TPSA) is 59.8 Å². The number of amides is 1. The number of rotatable bonds is 4. The highest BCUT2D eigenvalue weighted by Crippen LogP contribution is 2.36. The van der Waals surface area contributed by atoms with Crippen molar-refractivity contribution in [2.24, 2.45) is 11.8 Å². The summed E-state index contributed by atoms with van der Waals surface area (Å²) in [4.78, 5) is 21.6. The van der Waals surface area contributed by atoms with Gasteiger partial charge in [0.25, 0.3) is 0 Å². The van der Waals surface area contributed by atoms with Crippen molar-refractivity contribution in [2.75, 3.05) is 5.32 Å². The third kappa shape index (κ3) is 2.60. The second kappa shape index (κ2) is 5.71. The van der Waals surface area contributed by atoms with E-state index in [1.165, 1.54) is 6.42 Å². The lowest BCUT2D eigenvalue weighted by Gasteiger charge is -2.29. The lowest BCUT2D eigenvalue weighted by molar-refractivity contribution is -0.120. The van der Waals surface area contributed by atoms with Crippen molar-refractivity contribution in [1.82, 2.24) is 14.5 Å². The second-order valence-electron chi connectivity index (χ2n) is 6.71. The van der Waals surface area contributed by atoms with E-state index in [0.717, 1.165) is 29.7 Å². The molecule has 0 aromatic carbocycles. The van der Waals surface area contributed by atoms with E-state index in [-0.39, 0.29) is 11.8 Å². The van der Waals surface area contributed by atoms with Crippen LogP contribution in [0.5, 0.6) is 0 Å². The summed E-state index contributed by atoms with van der Waals surface area (Å²) in [6.45, 7) is 8.06. The van der Waals surface area contributed by atoms with Gasteiger partial charge in [-0.05, 0) is 44.2 Å². The van der Waals surface area contributed by atoms with Gasteiger partial charge >= 0.3 is 0 Å². The van der Waals surface area contributed by atoms with E-state index in [9.17, 15) is 4.79 Å². The van der Waals surface area contributed by atoms with Crippen molar-refractivity contribution in [3.63, 3.8) is 0 Å². The van der Waals surface area contributed by atoms with Gasteiger partial charge in [-0.2, -0.15) is 0 Å². The Hall–Kier alpha value is -1.91. The third-order valence-electron chi connectivity index (χ3n) is 4.76. The van der Waals surface area contributed by atoms with Crippen LogP contribution in [0.25, 0.3) is 11.2 Å². The fraction of sp³-hybridized carbons (Fsp3) is 0.588. The monoisotopic (exact) mass is 300 g/mol. The van der Waals surface area contributed by atoms with Gasteiger partial charge in [-0.25, -0.2) is 9.97 Å². The van der Waals surface area contributed by atoms with Gasteiger partial charge in [0.05, 0.1) is 0 Å². The van der Waals surface area contributed by atoms with Gasteiger partial charge in [0.2, 0.25) is 11.9 Å². The largest absolute Gasteiger partial charge is 0.296 e. The Labute approximate surface area is 131 Å². The number of hydrogen-bond acceptors (Lipinski definition) is 3. The van der Waals surface area contributed by atoms with Crippen LogP contribution in [0.1, 0.15) is 51.8 Å². The first-order valence-electron chi connectivity index (χ1n) is 8.14. The molecule has 2 aromatic heterocycles. The van der Waals surface area contributed by atoms with Gasteiger partial charge < -0.3 is 0 Å². The molecule has 118 valence electrons. The molecule has 3 rings (SSSR count). The molecule has 1 aliphatic carbocycles. The maximum absolute atomic E-state index is 12.4. The zero-order valence-electron chi connectivity index (χ0n) is 13.8. The standard InChI is InChI=1S/C17H24N4O/c1-10(2)12(4)16(22)20-17-19-14-9-8-11(3)18-15(14)21(17)13-6-5-7-13/h8-10,12-13H,5-7H2,1-4H3,(H,19,20,22)/t12-/m0/s1. The van der Waals surface area contributed by atoms with Crippen LogP contribution in [-0.4, -0.2) is 20.4 Å². The highest BCUT2D eigenvalue weighted by molar-refractivity contribution is 5.92. The first kappa shape index (κ1) is 15.0. The number of imidazole rings is 1. The van der Waals surface area contributed by atoms with E-state index < -0.39 is 0 Å². The average Bonchev–Trinajstić information content (AvgIpc) is 2.74. The Morgan fingerprint density at radius 3 is 2.59 bits per heavy atom. The molecule has 0 bridgehead atoms. The number of carbonyl (C=O) groups excluding carboxylic acids is 1. The van der Waals surface area contributed by atoms with Crippen molar-refractivity contribution in [1.29, 1.82) is 0 Å². The van der Waals surface area contributed by atoms with Crippen LogP contribution in [0.2, 0.25) is 0 Å². The number of pyridine rings is 1. The van der Waals surface area contributed by atoms with Crippen molar-refractivity contribution < 1.29 is 4.79 Å². The number of fused-ring (bicyclic) bond motifs is 1. The Kier molecular flexibility index (Phi) is 3.89. The molecule has 1 atom stereocenters. The number of carbonyl (C=O) groups is 1. The molecule has 1 aliphatic rings. The van der Waals surface area contributed by atoms with Crippen LogP contribution >= 0.6 is 0 Å². The summed E-state index contributed by atoms with van der Waals surface area (Å²) in [5.74, 6) is 0.948. The Morgan fingerprint density at radius 2 is 2.00 bits per heavy atom. The minimum Gasteiger partial charge on any atom is -0.296 e. The van der Waals surface area contributed by atoms with Crippen LogP contribution in [0.3, 0.4) is 0 Å². The number of hydrogen-bond donors (Lipinski definition) is 1. The molecular formula is C17H24N4O. The molecule has 5 nitrogen and oxygen atoms in total. The van der Waals surface area contributed by atoms with Crippen molar-refractivity contribution in [3.05, 3.63) is 17.8 Å². The molecule has 1 N–H and O–H groups in total. The molecule has 0 radical (unpaired) electrons. The summed E-state index contributed by atoms with van der Waals surface area (Å²) < 4.78 is 2.12. The molecule has 0 saturated heterocycles. The van der Waals surface area contributed by atoms with Gasteiger partial charge in [-0.1, -0.05) is 20.8 Å². The smallest absolute Gasteiger partial charge is 0.229 e. The predicted octanol–water partition coefficient (Wildman–Crippen LogP) is 3.70. The van der Waals surface area contributed by atoms with Crippen LogP contribution in [-0.2, 0) is 4.79 Å². The first-order chi connectivity index (χ1) is 10.5. The minimum absolute atomic E-state index is 0.0302. The third-order valence-corrected chi connectivity index (χ3v) is 4.76.